The van der Waals surface area contributed by atoms with Crippen LogP contribution in [0.15, 0.2) is 33.7 Å². The molecule has 0 spiro atoms. The van der Waals surface area contributed by atoms with Crippen molar-refractivity contribution in [3.63, 3.8) is 0 Å². The van der Waals surface area contributed by atoms with E-state index in [1.54, 1.807) is 0 Å². The fourth-order valence-electron chi connectivity index (χ4n) is 3.14. The molecule has 0 bridgehead atoms. The minimum atomic E-state index is 0. The van der Waals surface area contributed by atoms with E-state index in [4.69, 9.17) is 10.5 Å². The van der Waals surface area contributed by atoms with Crippen LogP contribution < -0.4 is 11.1 Å². The first-order chi connectivity index (χ1) is 11.7. The number of aliphatic imine (C=N–C) groups is 1. The molecule has 25 heavy (non-hydrogen) atoms. The van der Waals surface area contributed by atoms with E-state index in [2.05, 4.69) is 55.4 Å². The molecule has 1 aromatic rings. The lowest BCUT2D eigenvalue weighted by Gasteiger charge is -2.26. The van der Waals surface area contributed by atoms with Gasteiger partial charge in [0.15, 0.2) is 5.96 Å². The largest absolute Gasteiger partial charge is 0.379 e. The summed E-state index contributed by atoms with van der Waals surface area (Å²) in [7, 11) is 0. The number of benzene rings is 1. The van der Waals surface area contributed by atoms with E-state index in [1.807, 2.05) is 0 Å². The fraction of sp³-hybridized carbons (Fsp3) is 0.611. The van der Waals surface area contributed by atoms with Crippen LogP contribution in [0.3, 0.4) is 0 Å². The van der Waals surface area contributed by atoms with Gasteiger partial charge in [0.25, 0.3) is 0 Å². The summed E-state index contributed by atoms with van der Waals surface area (Å²) in [6.07, 6.45) is 3.46. The standard InChI is InChI=1S/C18H27BrN4O.HI/c19-16-4-1-3-15(13-16)18(5-6-18)14-22-17(20)21-7-2-8-23-9-11-24-12-10-23;/h1,3-4,13H,2,5-12,14H2,(H3,20,21,22);1H. The first-order valence-electron chi connectivity index (χ1n) is 8.78. The van der Waals surface area contributed by atoms with E-state index in [1.165, 1.54) is 18.4 Å². The highest BCUT2D eigenvalue weighted by atomic mass is 127. The van der Waals surface area contributed by atoms with Gasteiger partial charge in [0.1, 0.15) is 0 Å². The van der Waals surface area contributed by atoms with Gasteiger partial charge < -0.3 is 15.8 Å². The number of hydrogen-bond acceptors (Lipinski definition) is 3. The molecule has 140 valence electrons. The Balaban J connectivity index is 0.00000225. The lowest BCUT2D eigenvalue weighted by molar-refractivity contribution is 0.0376. The van der Waals surface area contributed by atoms with Crippen LogP contribution >= 0.6 is 39.9 Å². The average Bonchev–Trinajstić information content (AvgIpc) is 3.39. The molecule has 1 saturated heterocycles. The molecule has 2 aliphatic rings. The second-order valence-electron chi connectivity index (χ2n) is 6.73. The van der Waals surface area contributed by atoms with Gasteiger partial charge in [-0.05, 0) is 43.5 Å². The van der Waals surface area contributed by atoms with Crippen molar-refractivity contribution in [2.75, 3.05) is 45.9 Å². The zero-order chi connectivity index (χ0) is 16.8. The molecule has 0 unspecified atom stereocenters. The number of ether oxygens (including phenoxy) is 1. The summed E-state index contributed by atoms with van der Waals surface area (Å²) in [6, 6.07) is 8.55. The molecule has 5 nitrogen and oxygen atoms in total. The third-order valence-corrected chi connectivity index (χ3v) is 5.40. The van der Waals surface area contributed by atoms with Crippen molar-refractivity contribution in [1.82, 2.24) is 10.2 Å². The number of rotatable bonds is 7. The third kappa shape index (κ3) is 6.37. The maximum Gasteiger partial charge on any atom is 0.188 e. The number of nitrogens with two attached hydrogens (primary N) is 1. The minimum absolute atomic E-state index is 0. The Morgan fingerprint density at radius 3 is 2.76 bits per heavy atom. The van der Waals surface area contributed by atoms with Gasteiger partial charge in [0.2, 0.25) is 0 Å². The van der Waals surface area contributed by atoms with E-state index >= 15 is 0 Å². The van der Waals surface area contributed by atoms with Gasteiger partial charge in [-0.25, -0.2) is 0 Å². The normalized spacial score (nSPS) is 20.0. The molecule has 2 fully saturated rings. The predicted molar refractivity (Wildman–Crippen MR) is 117 cm³/mol. The Hall–Kier alpha value is -0.380. The maximum atomic E-state index is 6.03. The number of guanidine groups is 1. The van der Waals surface area contributed by atoms with Gasteiger partial charge in [0.05, 0.1) is 19.8 Å². The van der Waals surface area contributed by atoms with Crippen molar-refractivity contribution in [3.05, 3.63) is 34.3 Å². The molecule has 1 saturated carbocycles. The summed E-state index contributed by atoms with van der Waals surface area (Å²) in [5, 5.41) is 3.25. The number of nitrogens with zero attached hydrogens (tertiary/aromatic N) is 2. The second-order valence-corrected chi connectivity index (χ2v) is 7.64. The van der Waals surface area contributed by atoms with Crippen LogP contribution in [-0.2, 0) is 10.2 Å². The number of nitrogens with one attached hydrogen (secondary N) is 1. The first kappa shape index (κ1) is 20.9. The average molecular weight is 523 g/mol. The van der Waals surface area contributed by atoms with Gasteiger partial charge in [-0.2, -0.15) is 0 Å². The fourth-order valence-corrected chi connectivity index (χ4v) is 3.54. The SMILES string of the molecule is I.NC(=NCC1(c2cccc(Br)c2)CC1)NCCCN1CCOCC1. The van der Waals surface area contributed by atoms with Gasteiger partial charge in [0, 0.05) is 29.5 Å². The highest BCUT2D eigenvalue weighted by Crippen LogP contribution is 2.48. The Labute approximate surface area is 175 Å². The van der Waals surface area contributed by atoms with Crippen LogP contribution in [0, 0.1) is 0 Å². The Morgan fingerprint density at radius 2 is 2.08 bits per heavy atom. The molecular weight excluding hydrogens is 495 g/mol. The van der Waals surface area contributed by atoms with Crippen molar-refractivity contribution in [3.8, 4) is 0 Å². The Kier molecular flexibility index (Phi) is 8.44. The van der Waals surface area contributed by atoms with Crippen LogP contribution in [-0.4, -0.2) is 56.8 Å². The van der Waals surface area contributed by atoms with E-state index in [-0.39, 0.29) is 29.4 Å². The molecule has 3 N–H and O–H groups in total. The van der Waals surface area contributed by atoms with E-state index in [9.17, 15) is 0 Å². The third-order valence-electron chi connectivity index (χ3n) is 4.90. The van der Waals surface area contributed by atoms with Crippen LogP contribution in [0.25, 0.3) is 0 Å². The summed E-state index contributed by atoms with van der Waals surface area (Å²) < 4.78 is 6.49. The molecular formula is C18H28BrIN4O. The molecule has 0 aromatic heterocycles. The lowest BCUT2D eigenvalue weighted by atomic mass is 9.96. The maximum absolute atomic E-state index is 6.03. The van der Waals surface area contributed by atoms with E-state index in [0.717, 1.165) is 56.8 Å². The Morgan fingerprint density at radius 1 is 1.32 bits per heavy atom. The molecule has 3 rings (SSSR count). The molecule has 0 atom stereocenters. The van der Waals surface area contributed by atoms with Crippen LogP contribution in [0.5, 0.6) is 0 Å². The molecule has 0 amide bonds. The number of hydrogen-bond donors (Lipinski definition) is 2. The zero-order valence-electron chi connectivity index (χ0n) is 14.5. The Bertz CT molecular complexity index is 574. The van der Waals surface area contributed by atoms with Crippen molar-refractivity contribution in [2.45, 2.75) is 24.7 Å². The smallest absolute Gasteiger partial charge is 0.188 e. The van der Waals surface area contributed by atoms with Gasteiger partial charge in [-0.3, -0.25) is 9.89 Å². The van der Waals surface area contributed by atoms with Crippen molar-refractivity contribution < 1.29 is 4.74 Å². The highest BCUT2D eigenvalue weighted by Gasteiger charge is 2.44. The monoisotopic (exact) mass is 522 g/mol. The van der Waals surface area contributed by atoms with Gasteiger partial charge >= 0.3 is 0 Å². The zero-order valence-corrected chi connectivity index (χ0v) is 18.5. The first-order valence-corrected chi connectivity index (χ1v) is 9.57. The topological polar surface area (TPSA) is 62.9 Å². The van der Waals surface area contributed by atoms with E-state index < -0.39 is 0 Å². The van der Waals surface area contributed by atoms with Crippen molar-refractivity contribution >= 4 is 45.9 Å². The molecule has 7 heteroatoms. The number of morpholine rings is 1. The summed E-state index contributed by atoms with van der Waals surface area (Å²) in [6.45, 7) is 6.52. The second kappa shape index (κ2) is 10.1. The molecule has 0 radical (unpaired) electrons. The lowest BCUT2D eigenvalue weighted by Crippen LogP contribution is -2.39. The predicted octanol–water partition coefficient (Wildman–Crippen LogP) is 2.73. The highest BCUT2D eigenvalue weighted by molar-refractivity contribution is 14.0. The summed E-state index contributed by atoms with van der Waals surface area (Å²) >= 11 is 3.55. The molecule has 1 heterocycles. The minimum Gasteiger partial charge on any atom is -0.379 e. The molecule has 1 aliphatic carbocycles. The molecule has 1 aromatic carbocycles. The summed E-state index contributed by atoms with van der Waals surface area (Å²) in [5.74, 6) is 0.568. The summed E-state index contributed by atoms with van der Waals surface area (Å²) in [5.41, 5.74) is 7.59. The number of halogens is 2. The van der Waals surface area contributed by atoms with Crippen molar-refractivity contribution in [1.29, 1.82) is 0 Å². The van der Waals surface area contributed by atoms with Gasteiger partial charge in [-0.15, -0.1) is 24.0 Å². The quantitative estimate of drug-likeness (QED) is 0.250. The van der Waals surface area contributed by atoms with Crippen LogP contribution in [0.4, 0.5) is 0 Å². The summed E-state index contributed by atoms with van der Waals surface area (Å²) in [4.78, 5) is 7.02. The molecule has 1 aliphatic heterocycles. The van der Waals surface area contributed by atoms with E-state index in [0.29, 0.717) is 5.96 Å². The van der Waals surface area contributed by atoms with Crippen LogP contribution in [0.1, 0.15) is 24.8 Å². The van der Waals surface area contributed by atoms with Crippen LogP contribution in [0.2, 0.25) is 0 Å². The van der Waals surface area contributed by atoms with Crippen molar-refractivity contribution in [2.24, 2.45) is 10.7 Å². The van der Waals surface area contributed by atoms with Gasteiger partial charge in [-0.1, -0.05) is 28.1 Å².